The van der Waals surface area contributed by atoms with E-state index in [9.17, 15) is 14.7 Å². The Labute approximate surface area is 245 Å². The lowest BCUT2D eigenvalue weighted by molar-refractivity contribution is -0.153. The van der Waals surface area contributed by atoms with Gasteiger partial charge in [0, 0.05) is 25.0 Å². The largest absolute Gasteiger partial charge is 0.481 e. The van der Waals surface area contributed by atoms with E-state index in [0.717, 1.165) is 57.5 Å². The number of aromatic nitrogens is 1. The van der Waals surface area contributed by atoms with E-state index in [1.165, 1.54) is 0 Å². The number of aliphatic carboxylic acids is 1. The van der Waals surface area contributed by atoms with Crippen LogP contribution in [0.3, 0.4) is 0 Å². The first-order valence-electron chi connectivity index (χ1n) is 14.6. The predicted octanol–water partition coefficient (Wildman–Crippen LogP) is 6.20. The summed E-state index contributed by atoms with van der Waals surface area (Å²) >= 11 is 0. The monoisotopic (exact) mass is 561 g/mol. The number of nitrogens with one attached hydrogen (secondary N) is 1. The first kappa shape index (κ1) is 27.7. The SMILES string of the molecule is CC(OC(=O)C1CCNC1)c1cccc(/C=C/c2ccc3nc(N4CCC(C(=O)O)C4)cc(-c4ccccc4)c3c2)c1. The number of carbonyl (C=O) groups excluding carboxylic acids is 1. The van der Waals surface area contributed by atoms with Gasteiger partial charge in [-0.05, 0) is 78.4 Å². The fourth-order valence-electron chi connectivity index (χ4n) is 5.82. The number of ether oxygens (including phenoxy) is 1. The molecule has 2 aliphatic rings. The van der Waals surface area contributed by atoms with Gasteiger partial charge in [0.1, 0.15) is 11.9 Å². The molecule has 3 heterocycles. The summed E-state index contributed by atoms with van der Waals surface area (Å²) in [6.07, 6.45) is 5.29. The molecule has 0 saturated carbocycles. The fourth-order valence-corrected chi connectivity index (χ4v) is 5.82. The van der Waals surface area contributed by atoms with Crippen LogP contribution in [0.25, 0.3) is 34.2 Å². The molecule has 3 aromatic carbocycles. The molecule has 42 heavy (non-hydrogen) atoms. The summed E-state index contributed by atoms with van der Waals surface area (Å²) in [6, 6.07) is 26.6. The molecule has 6 rings (SSSR count). The summed E-state index contributed by atoms with van der Waals surface area (Å²) in [5.41, 5.74) is 6.06. The van der Waals surface area contributed by atoms with Gasteiger partial charge in [0.15, 0.2) is 0 Å². The molecule has 1 aromatic heterocycles. The van der Waals surface area contributed by atoms with Crippen molar-refractivity contribution in [3.63, 3.8) is 0 Å². The standard InChI is InChI=1S/C35H35N3O4/c1-23(42-35(41)28-14-16-36-21-28)27-9-5-6-24(18-27)10-11-25-12-13-32-31(19-25)30(26-7-3-2-4-8-26)20-33(37-32)38-17-15-29(22-38)34(39)40/h2-13,18-20,23,28-29,36H,14-17,21-22H2,1H3,(H,39,40)/b11-10+. The average molecular weight is 562 g/mol. The van der Waals surface area contributed by atoms with Gasteiger partial charge in [-0.15, -0.1) is 0 Å². The third kappa shape index (κ3) is 6.06. The Morgan fingerprint density at radius 1 is 0.976 bits per heavy atom. The van der Waals surface area contributed by atoms with Gasteiger partial charge >= 0.3 is 11.9 Å². The van der Waals surface area contributed by atoms with Crippen LogP contribution in [0.4, 0.5) is 5.82 Å². The van der Waals surface area contributed by atoms with E-state index < -0.39 is 5.97 Å². The highest BCUT2D eigenvalue weighted by atomic mass is 16.5. The number of pyridine rings is 1. The number of anilines is 1. The molecule has 2 saturated heterocycles. The highest BCUT2D eigenvalue weighted by Gasteiger charge is 2.29. The minimum Gasteiger partial charge on any atom is -0.481 e. The van der Waals surface area contributed by atoms with Gasteiger partial charge in [0.2, 0.25) is 0 Å². The van der Waals surface area contributed by atoms with Crippen molar-refractivity contribution in [1.82, 2.24) is 10.3 Å². The Hall–Kier alpha value is -4.49. The van der Waals surface area contributed by atoms with Crippen molar-refractivity contribution in [2.24, 2.45) is 11.8 Å². The van der Waals surface area contributed by atoms with Crippen LogP contribution in [0.15, 0.2) is 78.9 Å². The smallest absolute Gasteiger partial charge is 0.310 e. The number of hydrogen-bond donors (Lipinski definition) is 2. The zero-order valence-corrected chi connectivity index (χ0v) is 23.7. The molecule has 7 nitrogen and oxygen atoms in total. The Kier molecular flexibility index (Phi) is 8.02. The van der Waals surface area contributed by atoms with Crippen LogP contribution in [0.5, 0.6) is 0 Å². The minimum atomic E-state index is -0.749. The van der Waals surface area contributed by atoms with Crippen molar-refractivity contribution in [3.05, 3.63) is 95.6 Å². The number of hydrogen-bond acceptors (Lipinski definition) is 6. The molecule has 2 fully saturated rings. The first-order valence-corrected chi connectivity index (χ1v) is 14.6. The lowest BCUT2D eigenvalue weighted by Gasteiger charge is -2.19. The van der Waals surface area contributed by atoms with Crippen LogP contribution < -0.4 is 10.2 Å². The number of nitrogens with zero attached hydrogens (tertiary/aromatic N) is 2. The average Bonchev–Trinajstić information content (AvgIpc) is 3.74. The zero-order chi connectivity index (χ0) is 29.1. The van der Waals surface area contributed by atoms with E-state index in [1.54, 1.807) is 0 Å². The van der Waals surface area contributed by atoms with Crippen LogP contribution in [0.2, 0.25) is 0 Å². The highest BCUT2D eigenvalue weighted by molar-refractivity contribution is 5.97. The molecule has 7 heteroatoms. The van der Waals surface area contributed by atoms with E-state index in [-0.39, 0.29) is 23.9 Å². The molecule has 0 bridgehead atoms. The lowest BCUT2D eigenvalue weighted by atomic mass is 9.99. The second-order valence-corrected chi connectivity index (χ2v) is 11.2. The summed E-state index contributed by atoms with van der Waals surface area (Å²) < 4.78 is 5.76. The summed E-state index contributed by atoms with van der Waals surface area (Å²) in [7, 11) is 0. The molecule has 0 radical (unpaired) electrons. The summed E-state index contributed by atoms with van der Waals surface area (Å²) in [6.45, 7) is 4.62. The first-order chi connectivity index (χ1) is 20.4. The maximum absolute atomic E-state index is 12.5. The van der Waals surface area contributed by atoms with E-state index >= 15 is 0 Å². The Morgan fingerprint density at radius 3 is 2.52 bits per heavy atom. The second-order valence-electron chi connectivity index (χ2n) is 11.2. The quantitative estimate of drug-likeness (QED) is 0.196. The van der Waals surface area contributed by atoms with Crippen molar-refractivity contribution in [2.75, 3.05) is 31.1 Å². The summed E-state index contributed by atoms with van der Waals surface area (Å²) in [4.78, 5) is 31.1. The van der Waals surface area contributed by atoms with Crippen LogP contribution in [0, 0.1) is 11.8 Å². The maximum atomic E-state index is 12.5. The molecule has 3 atom stereocenters. The second kappa shape index (κ2) is 12.2. The fraction of sp³-hybridized carbons (Fsp3) is 0.286. The summed E-state index contributed by atoms with van der Waals surface area (Å²) in [5.74, 6) is -0.507. The van der Waals surface area contributed by atoms with Gasteiger partial charge in [-0.1, -0.05) is 66.7 Å². The number of benzene rings is 3. The normalized spacial score (nSPS) is 19.4. The maximum Gasteiger partial charge on any atom is 0.310 e. The highest BCUT2D eigenvalue weighted by Crippen LogP contribution is 2.34. The van der Waals surface area contributed by atoms with Crippen LogP contribution in [0.1, 0.15) is 42.6 Å². The van der Waals surface area contributed by atoms with E-state index in [2.05, 4.69) is 58.8 Å². The summed E-state index contributed by atoms with van der Waals surface area (Å²) in [5, 5.41) is 13.7. The molecule has 0 amide bonds. The number of esters is 1. The Morgan fingerprint density at radius 2 is 1.79 bits per heavy atom. The molecule has 0 aliphatic carbocycles. The molecule has 2 aliphatic heterocycles. The minimum absolute atomic E-state index is 0.0632. The Bertz CT molecular complexity index is 1630. The molecule has 3 unspecified atom stereocenters. The molecular formula is C35H35N3O4. The molecular weight excluding hydrogens is 526 g/mol. The van der Waals surface area contributed by atoms with Crippen molar-refractivity contribution in [2.45, 2.75) is 25.9 Å². The van der Waals surface area contributed by atoms with Crippen LogP contribution in [-0.2, 0) is 14.3 Å². The van der Waals surface area contributed by atoms with Gasteiger partial charge in [-0.2, -0.15) is 0 Å². The van der Waals surface area contributed by atoms with E-state index in [4.69, 9.17) is 9.72 Å². The van der Waals surface area contributed by atoms with E-state index in [0.29, 0.717) is 26.1 Å². The van der Waals surface area contributed by atoms with Crippen molar-refractivity contribution in [1.29, 1.82) is 0 Å². The number of fused-ring (bicyclic) bond motifs is 1. The van der Waals surface area contributed by atoms with Gasteiger partial charge in [0.05, 0.1) is 17.4 Å². The number of carboxylic acids is 1. The lowest BCUT2D eigenvalue weighted by Crippen LogP contribution is -2.23. The van der Waals surface area contributed by atoms with Crippen molar-refractivity contribution < 1.29 is 19.4 Å². The molecule has 214 valence electrons. The number of carboxylic acid groups (broad SMARTS) is 1. The topological polar surface area (TPSA) is 91.8 Å². The number of carbonyl (C=O) groups is 2. The Balaban J connectivity index is 1.26. The predicted molar refractivity (Wildman–Crippen MR) is 166 cm³/mol. The third-order valence-corrected chi connectivity index (χ3v) is 8.30. The zero-order valence-electron chi connectivity index (χ0n) is 23.7. The molecule has 2 N–H and O–H groups in total. The van der Waals surface area contributed by atoms with Crippen LogP contribution in [-0.4, -0.2) is 48.2 Å². The van der Waals surface area contributed by atoms with Gasteiger partial charge in [-0.25, -0.2) is 4.98 Å². The third-order valence-electron chi connectivity index (χ3n) is 8.30. The van der Waals surface area contributed by atoms with Gasteiger partial charge in [0.25, 0.3) is 0 Å². The molecule has 0 spiro atoms. The van der Waals surface area contributed by atoms with Gasteiger partial charge in [-0.3, -0.25) is 9.59 Å². The van der Waals surface area contributed by atoms with Crippen molar-refractivity contribution in [3.8, 4) is 11.1 Å². The van der Waals surface area contributed by atoms with E-state index in [1.807, 2.05) is 49.4 Å². The van der Waals surface area contributed by atoms with Crippen LogP contribution >= 0.6 is 0 Å². The molecule has 4 aromatic rings. The number of rotatable bonds is 8. The van der Waals surface area contributed by atoms with Gasteiger partial charge < -0.3 is 20.1 Å². The van der Waals surface area contributed by atoms with Crippen molar-refractivity contribution >= 4 is 40.8 Å².